The van der Waals surface area contributed by atoms with Crippen LogP contribution in [0.1, 0.15) is 44.6 Å². The predicted octanol–water partition coefficient (Wildman–Crippen LogP) is 3.23. The third kappa shape index (κ3) is 6.83. The second-order valence-corrected chi connectivity index (χ2v) is 8.65. The Morgan fingerprint density at radius 2 is 1.88 bits per heavy atom. The maximum Gasteiger partial charge on any atom is 0.193 e. The number of likely N-dealkylation sites (tertiary alicyclic amines) is 1. The van der Waals surface area contributed by atoms with Gasteiger partial charge >= 0.3 is 0 Å². The molecular weight excluding hydrogens is 406 g/mol. The summed E-state index contributed by atoms with van der Waals surface area (Å²) in [7, 11) is 3.61. The van der Waals surface area contributed by atoms with Gasteiger partial charge in [0.15, 0.2) is 5.96 Å². The van der Waals surface area contributed by atoms with E-state index in [1.807, 2.05) is 14.0 Å². The minimum Gasteiger partial charge on any atom is -0.494 e. The minimum atomic E-state index is 0.0434. The van der Waals surface area contributed by atoms with E-state index >= 15 is 0 Å². The third-order valence-corrected chi connectivity index (χ3v) is 6.61. The molecule has 0 aromatic heterocycles. The monoisotopic (exact) mass is 447 g/mol. The molecule has 2 aliphatic rings. The van der Waals surface area contributed by atoms with E-state index in [9.17, 15) is 0 Å². The van der Waals surface area contributed by atoms with E-state index in [2.05, 4.69) is 39.5 Å². The highest BCUT2D eigenvalue weighted by molar-refractivity contribution is 5.80. The first-order chi connectivity index (χ1) is 15.7. The molecule has 2 saturated heterocycles. The summed E-state index contributed by atoms with van der Waals surface area (Å²) in [5.74, 6) is 1.91. The highest BCUT2D eigenvalue weighted by Crippen LogP contribution is 2.35. The fourth-order valence-corrected chi connectivity index (χ4v) is 4.67. The third-order valence-electron chi connectivity index (χ3n) is 6.61. The second-order valence-electron chi connectivity index (χ2n) is 8.65. The van der Waals surface area contributed by atoms with Crippen LogP contribution in [0.15, 0.2) is 29.3 Å². The van der Waals surface area contributed by atoms with E-state index in [4.69, 9.17) is 18.9 Å². The molecule has 2 fully saturated rings. The lowest BCUT2D eigenvalue weighted by Gasteiger charge is -2.40. The van der Waals surface area contributed by atoms with Gasteiger partial charge in [-0.25, -0.2) is 0 Å². The Kier molecular flexibility index (Phi) is 10.1. The molecule has 32 heavy (non-hydrogen) atoms. The van der Waals surface area contributed by atoms with Crippen molar-refractivity contribution >= 4 is 5.96 Å². The van der Waals surface area contributed by atoms with Crippen molar-refractivity contribution in [3.63, 3.8) is 0 Å². The van der Waals surface area contributed by atoms with Gasteiger partial charge in [-0.2, -0.15) is 0 Å². The molecule has 1 aromatic carbocycles. The van der Waals surface area contributed by atoms with Gasteiger partial charge in [0.1, 0.15) is 5.75 Å². The van der Waals surface area contributed by atoms with Crippen molar-refractivity contribution in [1.82, 2.24) is 10.2 Å². The maximum absolute atomic E-state index is 6.01. The van der Waals surface area contributed by atoms with Crippen molar-refractivity contribution in [2.24, 2.45) is 4.99 Å². The molecule has 0 atom stereocenters. The fourth-order valence-electron chi connectivity index (χ4n) is 4.67. The lowest BCUT2D eigenvalue weighted by atomic mass is 9.74. The van der Waals surface area contributed by atoms with Crippen LogP contribution < -0.4 is 10.1 Å². The number of ether oxygens (including phenoxy) is 4. The number of methoxy groups -OCH3 is 1. The zero-order valence-electron chi connectivity index (χ0n) is 20.1. The number of benzene rings is 1. The van der Waals surface area contributed by atoms with E-state index < -0.39 is 0 Å². The number of nitrogens with one attached hydrogen (secondary N) is 1. The number of hydrogen-bond donors (Lipinski definition) is 1. The normalized spacial score (nSPS) is 19.7. The zero-order chi connectivity index (χ0) is 22.7. The van der Waals surface area contributed by atoms with Crippen molar-refractivity contribution in [3.8, 4) is 5.75 Å². The first kappa shape index (κ1) is 24.8. The van der Waals surface area contributed by atoms with E-state index in [1.165, 1.54) is 5.56 Å². The Morgan fingerprint density at radius 1 is 1.16 bits per heavy atom. The average Bonchev–Trinajstić information content (AvgIpc) is 2.84. The smallest absolute Gasteiger partial charge is 0.193 e. The average molecular weight is 448 g/mol. The summed E-state index contributed by atoms with van der Waals surface area (Å²) in [6.45, 7) is 8.60. The summed E-state index contributed by atoms with van der Waals surface area (Å²) in [6, 6.07) is 8.60. The number of piperidine rings is 1. The number of rotatable bonds is 10. The second kappa shape index (κ2) is 13.0. The molecule has 1 aromatic rings. The maximum atomic E-state index is 6.01. The number of nitrogens with zero attached hydrogens (tertiary/aromatic N) is 2. The Balaban J connectivity index is 1.56. The number of hydrogen-bond acceptors (Lipinski definition) is 5. The van der Waals surface area contributed by atoms with Gasteiger partial charge in [0.25, 0.3) is 0 Å². The molecule has 2 aliphatic heterocycles. The Labute approximate surface area is 193 Å². The largest absolute Gasteiger partial charge is 0.494 e. The molecule has 2 heterocycles. The summed E-state index contributed by atoms with van der Waals surface area (Å²) < 4.78 is 22.5. The quantitative estimate of drug-likeness (QED) is 0.338. The van der Waals surface area contributed by atoms with Gasteiger partial charge in [0.05, 0.1) is 12.7 Å². The van der Waals surface area contributed by atoms with E-state index in [0.717, 1.165) is 89.9 Å². The van der Waals surface area contributed by atoms with Crippen molar-refractivity contribution in [2.45, 2.75) is 50.5 Å². The van der Waals surface area contributed by atoms with Crippen LogP contribution in [0.25, 0.3) is 0 Å². The molecule has 7 nitrogen and oxygen atoms in total. The van der Waals surface area contributed by atoms with Crippen LogP contribution in [0.2, 0.25) is 0 Å². The highest BCUT2D eigenvalue weighted by atomic mass is 16.5. The molecule has 0 saturated carbocycles. The molecule has 0 aliphatic carbocycles. The topological polar surface area (TPSA) is 64.6 Å². The lowest BCUT2D eigenvalue weighted by molar-refractivity contribution is 0.00968. The molecule has 0 amide bonds. The standard InChI is InChI=1S/C25H41N3O4/c1-4-31-22-8-6-21(7-9-22)25(12-18-30-19-13-25)20-27-24(26-2)28-14-10-23(11-15-28)32-17-5-16-29-3/h6-9,23H,4-5,10-20H2,1-3H3,(H,26,27). The van der Waals surface area contributed by atoms with Crippen molar-refractivity contribution in [2.75, 3.05) is 66.8 Å². The van der Waals surface area contributed by atoms with E-state index in [1.54, 1.807) is 7.11 Å². The van der Waals surface area contributed by atoms with E-state index in [-0.39, 0.29) is 5.41 Å². The minimum absolute atomic E-state index is 0.0434. The summed E-state index contributed by atoms with van der Waals surface area (Å²) in [4.78, 5) is 6.96. The Morgan fingerprint density at radius 3 is 2.50 bits per heavy atom. The van der Waals surface area contributed by atoms with Gasteiger partial charge in [-0.1, -0.05) is 12.1 Å². The Hall–Kier alpha value is -1.83. The van der Waals surface area contributed by atoms with Gasteiger partial charge in [0.2, 0.25) is 0 Å². The van der Waals surface area contributed by atoms with Gasteiger partial charge in [-0.3, -0.25) is 4.99 Å². The van der Waals surface area contributed by atoms with Gasteiger partial charge in [-0.05, 0) is 56.7 Å². The van der Waals surface area contributed by atoms with Crippen molar-refractivity contribution in [1.29, 1.82) is 0 Å². The zero-order valence-corrected chi connectivity index (χ0v) is 20.1. The molecule has 3 rings (SSSR count). The van der Waals surface area contributed by atoms with Crippen LogP contribution in [0, 0.1) is 0 Å². The molecule has 1 N–H and O–H groups in total. The molecular formula is C25H41N3O4. The Bertz CT molecular complexity index is 681. The fraction of sp³-hybridized carbons (Fsp3) is 0.720. The van der Waals surface area contributed by atoms with Crippen LogP contribution >= 0.6 is 0 Å². The van der Waals surface area contributed by atoms with Crippen molar-refractivity contribution < 1.29 is 18.9 Å². The molecule has 180 valence electrons. The van der Waals surface area contributed by atoms with Gasteiger partial charge in [-0.15, -0.1) is 0 Å². The first-order valence-electron chi connectivity index (χ1n) is 12.1. The summed E-state index contributed by atoms with van der Waals surface area (Å²) in [5.41, 5.74) is 1.39. The summed E-state index contributed by atoms with van der Waals surface area (Å²) in [6.07, 6.45) is 5.37. The van der Waals surface area contributed by atoms with Gasteiger partial charge < -0.3 is 29.2 Å². The lowest BCUT2D eigenvalue weighted by Crippen LogP contribution is -2.51. The van der Waals surface area contributed by atoms with Crippen molar-refractivity contribution in [3.05, 3.63) is 29.8 Å². The molecule has 0 unspecified atom stereocenters. The van der Waals surface area contributed by atoms with Crippen LogP contribution in [0.5, 0.6) is 5.75 Å². The molecule has 7 heteroatoms. The first-order valence-corrected chi connectivity index (χ1v) is 12.1. The summed E-state index contributed by atoms with van der Waals surface area (Å²) >= 11 is 0. The summed E-state index contributed by atoms with van der Waals surface area (Å²) in [5, 5.41) is 3.69. The van der Waals surface area contributed by atoms with Crippen LogP contribution in [0.4, 0.5) is 0 Å². The molecule has 0 spiro atoms. The van der Waals surface area contributed by atoms with E-state index in [0.29, 0.717) is 12.7 Å². The number of guanidine groups is 1. The van der Waals surface area contributed by atoms with Crippen LogP contribution in [0.3, 0.4) is 0 Å². The van der Waals surface area contributed by atoms with Gasteiger partial charge in [0, 0.05) is 65.6 Å². The SMILES string of the molecule is CCOc1ccc(C2(CNC(=NC)N3CCC(OCCCOC)CC3)CCOCC2)cc1. The molecule has 0 bridgehead atoms. The highest BCUT2D eigenvalue weighted by Gasteiger charge is 2.35. The number of aliphatic imine (C=N–C) groups is 1. The van der Waals surface area contributed by atoms with Crippen LogP contribution in [-0.4, -0.2) is 83.8 Å². The predicted molar refractivity (Wildman–Crippen MR) is 128 cm³/mol. The molecule has 0 radical (unpaired) electrons. The van der Waals surface area contributed by atoms with Crippen LogP contribution in [-0.2, 0) is 19.6 Å².